The molecule has 1 amide bonds. The van der Waals surface area contributed by atoms with E-state index in [-0.39, 0.29) is 36.1 Å². The molecule has 0 bridgehead atoms. The molecule has 6 nitrogen and oxygen atoms in total. The molecular formula is C18H15N3O3S3. The lowest BCUT2D eigenvalue weighted by atomic mass is 10.0. The van der Waals surface area contributed by atoms with Gasteiger partial charge < -0.3 is 10.2 Å². The van der Waals surface area contributed by atoms with Crippen LogP contribution >= 0.6 is 35.3 Å². The lowest BCUT2D eigenvalue weighted by Gasteiger charge is -2.22. The number of hydrogen-bond donors (Lipinski definition) is 1. The number of Topliss-reactive ketones (excluding diaryl/α,β-unsaturated/α-hetero) is 2. The summed E-state index contributed by atoms with van der Waals surface area (Å²) in [7, 11) is 0. The van der Waals surface area contributed by atoms with Crippen molar-refractivity contribution in [3.8, 4) is 0 Å². The highest BCUT2D eigenvalue weighted by Crippen LogP contribution is 2.42. The maximum atomic E-state index is 13.1. The summed E-state index contributed by atoms with van der Waals surface area (Å²) in [4.78, 5) is 44.4. The second kappa shape index (κ2) is 7.95. The van der Waals surface area contributed by atoms with Gasteiger partial charge in [-0.05, 0) is 22.9 Å². The number of anilines is 1. The predicted octanol–water partition coefficient (Wildman–Crippen LogP) is 2.64. The predicted molar refractivity (Wildman–Crippen MR) is 112 cm³/mol. The average molecular weight is 418 g/mol. The van der Waals surface area contributed by atoms with E-state index in [1.54, 1.807) is 36.0 Å². The molecule has 1 aromatic carbocycles. The topological polar surface area (TPSA) is 78.8 Å². The number of thioether (sulfide) groups is 3. The molecule has 0 saturated heterocycles. The number of para-hydroxylation sites is 1. The minimum absolute atomic E-state index is 0.0264. The number of rotatable bonds is 2. The van der Waals surface area contributed by atoms with Gasteiger partial charge in [-0.1, -0.05) is 47.4 Å². The summed E-state index contributed by atoms with van der Waals surface area (Å²) >= 11 is 4.29. The largest absolute Gasteiger partial charge is 0.356 e. The number of carbonyl (C=O) groups is 3. The third-order valence-corrected chi connectivity index (χ3v) is 7.20. The van der Waals surface area contributed by atoms with E-state index < -0.39 is 0 Å². The Bertz CT molecular complexity index is 913. The summed E-state index contributed by atoms with van der Waals surface area (Å²) in [5, 5.41) is 7.44. The fraction of sp³-hybridized carbons (Fsp3) is 0.222. The Morgan fingerprint density at radius 1 is 1.19 bits per heavy atom. The maximum absolute atomic E-state index is 13.1. The van der Waals surface area contributed by atoms with E-state index in [2.05, 4.69) is 10.3 Å². The number of nitrogens with zero attached hydrogens (tertiary/aromatic N) is 2. The van der Waals surface area contributed by atoms with Crippen LogP contribution in [0.25, 0.3) is 0 Å². The molecule has 4 rings (SSSR count). The summed E-state index contributed by atoms with van der Waals surface area (Å²) in [5.74, 6) is -0.0323. The molecule has 0 aliphatic carbocycles. The molecule has 0 atom stereocenters. The molecular weight excluding hydrogens is 402 g/mol. The highest BCUT2D eigenvalue weighted by Gasteiger charge is 2.35. The van der Waals surface area contributed by atoms with Crippen molar-refractivity contribution in [2.45, 2.75) is 0 Å². The van der Waals surface area contributed by atoms with Gasteiger partial charge >= 0.3 is 0 Å². The molecule has 1 aromatic rings. The van der Waals surface area contributed by atoms with Crippen molar-refractivity contribution in [3.63, 3.8) is 0 Å². The van der Waals surface area contributed by atoms with Crippen LogP contribution in [0.2, 0.25) is 0 Å². The number of carbonyl (C=O) groups excluding carboxylic acids is 3. The number of nitrogens with one attached hydrogen (secondary N) is 1. The molecule has 0 saturated carbocycles. The monoisotopic (exact) mass is 417 g/mol. The number of hydrogen-bond acceptors (Lipinski definition) is 8. The Morgan fingerprint density at radius 2 is 1.96 bits per heavy atom. The first-order valence-corrected chi connectivity index (χ1v) is 11.0. The van der Waals surface area contributed by atoms with Crippen molar-refractivity contribution < 1.29 is 14.4 Å². The van der Waals surface area contributed by atoms with Gasteiger partial charge in [0.2, 0.25) is 5.91 Å². The third-order valence-electron chi connectivity index (χ3n) is 4.13. The minimum Gasteiger partial charge on any atom is -0.356 e. The lowest BCUT2D eigenvalue weighted by molar-refractivity contribution is -0.120. The first-order chi connectivity index (χ1) is 13.1. The first kappa shape index (κ1) is 18.4. The Labute approximate surface area is 168 Å². The molecule has 3 aliphatic rings. The van der Waals surface area contributed by atoms with Crippen LogP contribution in [-0.2, 0) is 9.59 Å². The number of aliphatic imine (C=N–C) groups is 1. The molecule has 0 unspecified atom stereocenters. The molecule has 0 spiro atoms. The highest BCUT2D eigenvalue weighted by atomic mass is 32.2. The molecule has 27 heavy (non-hydrogen) atoms. The molecule has 3 aliphatic heterocycles. The van der Waals surface area contributed by atoms with Crippen LogP contribution in [0.1, 0.15) is 10.4 Å². The zero-order valence-corrected chi connectivity index (χ0v) is 16.6. The van der Waals surface area contributed by atoms with Gasteiger partial charge in [0.05, 0.1) is 35.1 Å². The SMILES string of the molecule is O=C1CN(C(=O)CNC2=NCCS2)c2ccccc2C(=O)C1=C1SC=CS1. The van der Waals surface area contributed by atoms with E-state index in [1.807, 2.05) is 10.8 Å². The maximum Gasteiger partial charge on any atom is 0.246 e. The Kier molecular flexibility index (Phi) is 5.42. The van der Waals surface area contributed by atoms with Crippen molar-refractivity contribution in [2.24, 2.45) is 4.99 Å². The standard InChI is InChI=1S/C18H15N3O3S3/c22-13-10-21(14(23)9-20-18-19-5-6-27-18)12-4-2-1-3-11(12)16(24)15(13)17-25-7-8-26-17/h1-4,7-8H,5-6,9-10H2,(H,19,20). The summed E-state index contributed by atoms with van der Waals surface area (Å²) in [5.41, 5.74) is 1.02. The van der Waals surface area contributed by atoms with E-state index >= 15 is 0 Å². The Hall–Kier alpha value is -1.97. The molecule has 0 aromatic heterocycles. The number of amidine groups is 1. The van der Waals surface area contributed by atoms with Gasteiger partial charge in [0, 0.05) is 11.3 Å². The van der Waals surface area contributed by atoms with E-state index in [9.17, 15) is 14.4 Å². The van der Waals surface area contributed by atoms with Crippen LogP contribution in [0.15, 0.2) is 49.9 Å². The van der Waals surface area contributed by atoms with Crippen LogP contribution in [0, 0.1) is 0 Å². The number of ketones is 2. The first-order valence-electron chi connectivity index (χ1n) is 8.26. The second-order valence-corrected chi connectivity index (χ2v) is 8.98. The zero-order chi connectivity index (χ0) is 18.8. The van der Waals surface area contributed by atoms with Gasteiger partial charge in [-0.2, -0.15) is 0 Å². The van der Waals surface area contributed by atoms with E-state index in [1.165, 1.54) is 28.4 Å². The van der Waals surface area contributed by atoms with Crippen molar-refractivity contribution in [2.75, 3.05) is 30.3 Å². The van der Waals surface area contributed by atoms with Crippen molar-refractivity contribution in [3.05, 3.63) is 50.5 Å². The van der Waals surface area contributed by atoms with Crippen molar-refractivity contribution >= 4 is 63.6 Å². The van der Waals surface area contributed by atoms with Crippen molar-refractivity contribution in [1.29, 1.82) is 0 Å². The second-order valence-electron chi connectivity index (χ2n) is 5.81. The molecule has 1 N–H and O–H groups in total. The van der Waals surface area contributed by atoms with Crippen molar-refractivity contribution in [1.82, 2.24) is 5.32 Å². The fourth-order valence-electron chi connectivity index (χ4n) is 2.91. The zero-order valence-electron chi connectivity index (χ0n) is 14.1. The minimum atomic E-state index is -0.337. The molecule has 0 fully saturated rings. The van der Waals surface area contributed by atoms with Crippen LogP contribution < -0.4 is 10.2 Å². The third kappa shape index (κ3) is 3.71. The van der Waals surface area contributed by atoms with Gasteiger partial charge in [-0.3, -0.25) is 19.4 Å². The smallest absolute Gasteiger partial charge is 0.246 e. The Balaban J connectivity index is 1.66. The van der Waals surface area contributed by atoms with E-state index in [4.69, 9.17) is 0 Å². The summed E-state index contributed by atoms with van der Waals surface area (Å²) in [6.45, 7) is 0.614. The molecule has 0 radical (unpaired) electrons. The van der Waals surface area contributed by atoms with E-state index in [0.29, 0.717) is 15.5 Å². The average Bonchev–Trinajstić information content (AvgIpc) is 3.37. The Morgan fingerprint density at radius 3 is 2.70 bits per heavy atom. The van der Waals surface area contributed by atoms with Gasteiger partial charge in [0.15, 0.2) is 16.7 Å². The summed E-state index contributed by atoms with van der Waals surface area (Å²) in [6.07, 6.45) is 0. The van der Waals surface area contributed by atoms with Crippen LogP contribution in [0.3, 0.4) is 0 Å². The van der Waals surface area contributed by atoms with Gasteiger partial charge in [0.25, 0.3) is 0 Å². The number of fused-ring (bicyclic) bond motifs is 1. The van der Waals surface area contributed by atoms with Crippen LogP contribution in [-0.4, -0.2) is 48.0 Å². The normalized spacial score (nSPS) is 19.3. The number of amides is 1. The summed E-state index contributed by atoms with van der Waals surface area (Å²) < 4.78 is 0.670. The molecule has 9 heteroatoms. The van der Waals surface area contributed by atoms with Gasteiger partial charge in [-0.15, -0.1) is 0 Å². The molecule has 3 heterocycles. The lowest BCUT2D eigenvalue weighted by Crippen LogP contribution is -2.42. The highest BCUT2D eigenvalue weighted by molar-refractivity contribution is 8.27. The molecule has 138 valence electrons. The van der Waals surface area contributed by atoms with Crippen LogP contribution in [0.4, 0.5) is 5.69 Å². The van der Waals surface area contributed by atoms with Gasteiger partial charge in [-0.25, -0.2) is 0 Å². The van der Waals surface area contributed by atoms with E-state index in [0.717, 1.165) is 17.5 Å². The fourth-order valence-corrected chi connectivity index (χ4v) is 5.54. The van der Waals surface area contributed by atoms with Gasteiger partial charge in [0.1, 0.15) is 0 Å². The number of benzene rings is 1. The van der Waals surface area contributed by atoms with Crippen LogP contribution in [0.5, 0.6) is 0 Å². The quantitative estimate of drug-likeness (QED) is 0.585. The summed E-state index contributed by atoms with van der Waals surface area (Å²) in [6, 6.07) is 6.88.